The van der Waals surface area contributed by atoms with Gasteiger partial charge in [0.05, 0.1) is 24.5 Å². The topological polar surface area (TPSA) is 104 Å². The molecule has 0 saturated carbocycles. The molecule has 1 amide bonds. The summed E-state index contributed by atoms with van der Waals surface area (Å²) in [6, 6.07) is 9.71. The summed E-state index contributed by atoms with van der Waals surface area (Å²) in [5.74, 6) is 1.68. The largest absolute Gasteiger partial charge is 0.485 e. The molecule has 188 valence electrons. The molecule has 3 aliphatic heterocycles. The van der Waals surface area contributed by atoms with E-state index in [1.165, 1.54) is 17.1 Å². The van der Waals surface area contributed by atoms with Crippen molar-refractivity contribution >= 4 is 22.6 Å². The summed E-state index contributed by atoms with van der Waals surface area (Å²) in [5, 5.41) is 13.8. The van der Waals surface area contributed by atoms with Crippen LogP contribution in [0.5, 0.6) is 5.75 Å². The molecule has 6 rings (SSSR count). The molecule has 0 radical (unpaired) electrons. The lowest BCUT2D eigenvalue weighted by Gasteiger charge is -2.38. The second-order valence-corrected chi connectivity index (χ2v) is 10.7. The summed E-state index contributed by atoms with van der Waals surface area (Å²) in [5.41, 5.74) is 3.49. The number of rotatable bonds is 5. The third kappa shape index (κ3) is 4.44. The first-order chi connectivity index (χ1) is 17.5. The number of ether oxygens (including phenoxy) is 1. The van der Waals surface area contributed by atoms with E-state index in [9.17, 15) is 9.90 Å². The molecule has 3 aromatic rings. The predicted octanol–water partition coefficient (Wildman–Crippen LogP) is 2.50. The highest BCUT2D eigenvalue weighted by molar-refractivity contribution is 7.09. The Morgan fingerprint density at radius 3 is 2.78 bits per heavy atom. The van der Waals surface area contributed by atoms with Gasteiger partial charge in [-0.1, -0.05) is 12.1 Å². The van der Waals surface area contributed by atoms with Gasteiger partial charge in [-0.05, 0) is 31.7 Å². The molecule has 36 heavy (non-hydrogen) atoms. The Labute approximate surface area is 214 Å². The van der Waals surface area contributed by atoms with Gasteiger partial charge in [0.15, 0.2) is 5.82 Å². The molecule has 1 aromatic carbocycles. The lowest BCUT2D eigenvalue weighted by Crippen LogP contribution is -2.47. The number of carbonyl (C=O) groups is 1. The normalized spacial score (nSPS) is 20.6. The van der Waals surface area contributed by atoms with Crippen LogP contribution in [0.3, 0.4) is 0 Å². The number of likely N-dealkylation sites (tertiary alicyclic amines) is 1. The maximum Gasteiger partial charge on any atom is 0.253 e. The van der Waals surface area contributed by atoms with E-state index >= 15 is 0 Å². The van der Waals surface area contributed by atoms with E-state index in [4.69, 9.17) is 4.74 Å². The smallest absolute Gasteiger partial charge is 0.253 e. The highest BCUT2D eigenvalue weighted by atomic mass is 32.1. The standard InChI is InChI=1S/C26H30N6O3S/c1-27-15-23-29-25(36-30-23)31-10-7-26(8-11-31)13-19-12-21(28-14-22(19)35-26)17-2-4-18(5-3-17)24(34)32-9-6-20(33)16-32/h2-5,12,14,20,27,33H,6-11,13,15-16H2,1H3/t20-/m1/s1. The predicted molar refractivity (Wildman–Crippen MR) is 137 cm³/mol. The molecule has 5 heterocycles. The first-order valence-corrected chi connectivity index (χ1v) is 13.3. The Bertz CT molecular complexity index is 1250. The summed E-state index contributed by atoms with van der Waals surface area (Å²) in [6.07, 6.45) is 4.80. The summed E-state index contributed by atoms with van der Waals surface area (Å²) in [4.78, 5) is 26.0. The summed E-state index contributed by atoms with van der Waals surface area (Å²) < 4.78 is 10.9. The second kappa shape index (κ2) is 9.42. The van der Waals surface area contributed by atoms with Crippen LogP contribution in [0, 0.1) is 0 Å². The molecule has 2 aromatic heterocycles. The summed E-state index contributed by atoms with van der Waals surface area (Å²) in [6.45, 7) is 3.48. The van der Waals surface area contributed by atoms with Gasteiger partial charge in [0, 0.05) is 73.7 Å². The van der Waals surface area contributed by atoms with Crippen molar-refractivity contribution in [2.24, 2.45) is 0 Å². The van der Waals surface area contributed by atoms with Crippen LogP contribution >= 0.6 is 11.5 Å². The number of hydrogen-bond acceptors (Lipinski definition) is 9. The number of anilines is 1. The molecule has 0 unspecified atom stereocenters. The first-order valence-electron chi connectivity index (χ1n) is 12.5. The third-order valence-electron chi connectivity index (χ3n) is 7.40. The number of benzene rings is 1. The number of aromatic nitrogens is 3. The van der Waals surface area contributed by atoms with Crippen LogP contribution in [-0.2, 0) is 13.0 Å². The monoisotopic (exact) mass is 506 g/mol. The van der Waals surface area contributed by atoms with Crippen LogP contribution in [0.4, 0.5) is 5.13 Å². The maximum atomic E-state index is 12.7. The molecule has 3 aliphatic rings. The Hall–Kier alpha value is -3.08. The minimum Gasteiger partial charge on any atom is -0.485 e. The fraction of sp³-hybridized carbons (Fsp3) is 0.462. The van der Waals surface area contributed by atoms with Crippen molar-refractivity contribution in [3.63, 3.8) is 0 Å². The van der Waals surface area contributed by atoms with Crippen molar-refractivity contribution in [2.45, 2.75) is 43.9 Å². The van der Waals surface area contributed by atoms with E-state index in [1.807, 2.05) is 37.5 Å². The van der Waals surface area contributed by atoms with E-state index in [0.29, 0.717) is 31.6 Å². The van der Waals surface area contributed by atoms with Crippen LogP contribution in [0.25, 0.3) is 11.3 Å². The van der Waals surface area contributed by atoms with E-state index in [-0.39, 0.29) is 11.5 Å². The zero-order valence-corrected chi connectivity index (χ0v) is 21.1. The highest BCUT2D eigenvalue weighted by Gasteiger charge is 2.42. The van der Waals surface area contributed by atoms with Crippen LogP contribution in [0.1, 0.15) is 41.0 Å². The van der Waals surface area contributed by atoms with Crippen molar-refractivity contribution in [1.82, 2.24) is 24.6 Å². The van der Waals surface area contributed by atoms with Gasteiger partial charge in [-0.25, -0.2) is 4.98 Å². The van der Waals surface area contributed by atoms with Crippen LogP contribution < -0.4 is 15.0 Å². The van der Waals surface area contributed by atoms with Crippen molar-refractivity contribution < 1.29 is 14.6 Å². The Morgan fingerprint density at radius 2 is 2.06 bits per heavy atom. The van der Waals surface area contributed by atoms with E-state index in [2.05, 4.69) is 30.6 Å². The number of hydrogen-bond donors (Lipinski definition) is 2. The average molecular weight is 507 g/mol. The van der Waals surface area contributed by atoms with E-state index in [0.717, 1.165) is 60.3 Å². The molecule has 2 saturated heterocycles. The molecule has 10 heteroatoms. The number of amides is 1. The van der Waals surface area contributed by atoms with Gasteiger partial charge in [0.2, 0.25) is 5.13 Å². The van der Waals surface area contributed by atoms with Gasteiger partial charge in [0.25, 0.3) is 5.91 Å². The van der Waals surface area contributed by atoms with Gasteiger partial charge < -0.3 is 25.0 Å². The second-order valence-electron chi connectivity index (χ2n) is 9.92. The maximum absolute atomic E-state index is 12.7. The van der Waals surface area contributed by atoms with Crippen LogP contribution in [-0.4, -0.2) is 75.2 Å². The van der Waals surface area contributed by atoms with Gasteiger partial charge >= 0.3 is 0 Å². The Morgan fingerprint density at radius 1 is 1.25 bits per heavy atom. The van der Waals surface area contributed by atoms with Gasteiger partial charge in [-0.15, -0.1) is 0 Å². The number of carbonyl (C=O) groups excluding carboxylic acids is 1. The Kier molecular flexibility index (Phi) is 6.10. The number of fused-ring (bicyclic) bond motifs is 1. The molecule has 0 aliphatic carbocycles. The van der Waals surface area contributed by atoms with E-state index in [1.54, 1.807) is 4.90 Å². The molecule has 1 spiro atoms. The summed E-state index contributed by atoms with van der Waals surface area (Å²) >= 11 is 1.46. The molecular formula is C26H30N6O3S. The SMILES string of the molecule is CNCc1nsc(N2CCC3(CC2)Cc2cc(-c4ccc(C(=O)N5CC[C@@H](O)C5)cc4)ncc2O3)n1. The first kappa shape index (κ1) is 23.3. The van der Waals surface area contributed by atoms with Crippen molar-refractivity contribution in [3.05, 3.63) is 53.5 Å². The molecule has 9 nitrogen and oxygen atoms in total. The average Bonchev–Trinajstić information content (AvgIpc) is 3.63. The van der Waals surface area contributed by atoms with Gasteiger partial charge in [0.1, 0.15) is 11.4 Å². The minimum absolute atomic E-state index is 0.0338. The molecular weight excluding hydrogens is 476 g/mol. The number of pyridine rings is 1. The number of aliphatic hydroxyl groups is 1. The molecule has 0 bridgehead atoms. The number of nitrogens with one attached hydrogen (secondary N) is 1. The van der Waals surface area contributed by atoms with Crippen molar-refractivity contribution in [2.75, 3.05) is 38.1 Å². The molecule has 2 fully saturated rings. The molecule has 2 N–H and O–H groups in total. The number of piperidine rings is 1. The Balaban J connectivity index is 1.11. The lowest BCUT2D eigenvalue weighted by atomic mass is 9.87. The third-order valence-corrected chi connectivity index (χ3v) is 8.22. The van der Waals surface area contributed by atoms with Gasteiger partial charge in [-0.2, -0.15) is 4.37 Å². The zero-order chi connectivity index (χ0) is 24.7. The van der Waals surface area contributed by atoms with Crippen molar-refractivity contribution in [1.29, 1.82) is 0 Å². The van der Waals surface area contributed by atoms with Crippen molar-refractivity contribution in [3.8, 4) is 17.0 Å². The number of aliphatic hydroxyl groups excluding tert-OH is 1. The van der Waals surface area contributed by atoms with Crippen LogP contribution in [0.2, 0.25) is 0 Å². The zero-order valence-electron chi connectivity index (χ0n) is 20.3. The highest BCUT2D eigenvalue weighted by Crippen LogP contribution is 2.42. The molecule has 1 atom stereocenters. The van der Waals surface area contributed by atoms with Gasteiger partial charge in [-0.3, -0.25) is 9.78 Å². The quantitative estimate of drug-likeness (QED) is 0.544. The lowest BCUT2D eigenvalue weighted by molar-refractivity contribution is 0.0665. The van der Waals surface area contributed by atoms with E-state index < -0.39 is 6.10 Å². The van der Waals surface area contributed by atoms with Crippen LogP contribution in [0.15, 0.2) is 36.5 Å². The minimum atomic E-state index is -0.415. The number of β-amino-alcohol motifs (C(OH)–C–C–N with tert-alkyl or cyclic N) is 1. The summed E-state index contributed by atoms with van der Waals surface area (Å²) in [7, 11) is 1.90. The number of nitrogens with zero attached hydrogens (tertiary/aromatic N) is 5. The fourth-order valence-electron chi connectivity index (χ4n) is 5.37. The fourth-order valence-corrected chi connectivity index (χ4v) is 6.11.